The van der Waals surface area contributed by atoms with Crippen molar-refractivity contribution in [3.63, 3.8) is 0 Å². The van der Waals surface area contributed by atoms with Crippen LogP contribution in [-0.2, 0) is 11.3 Å². The number of carbonyl (C=O) groups is 1. The third-order valence-corrected chi connectivity index (χ3v) is 3.69. The Morgan fingerprint density at radius 2 is 1.83 bits per heavy atom. The molecule has 0 atom stereocenters. The van der Waals surface area contributed by atoms with E-state index in [1.165, 1.54) is 17.1 Å². The first-order chi connectivity index (χ1) is 11.5. The number of hydrazone groups is 1. The summed E-state index contributed by atoms with van der Waals surface area (Å²) in [5.41, 5.74) is 2.11. The van der Waals surface area contributed by atoms with Gasteiger partial charge in [-0.1, -0.05) is 35.9 Å². The number of rotatable bonds is 4. The van der Waals surface area contributed by atoms with E-state index < -0.39 is 11.0 Å². The molecule has 0 N–H and O–H groups in total. The number of nitro benzene ring substituents is 1. The maximum atomic E-state index is 11.9. The quantitative estimate of drug-likeness (QED) is 0.625. The molecular weight excluding hydrogens is 334 g/mol. The summed E-state index contributed by atoms with van der Waals surface area (Å²) < 4.78 is 5.14. The van der Waals surface area contributed by atoms with Crippen LogP contribution in [0.5, 0.6) is 0 Å². The number of hydrogen-bond donors (Lipinski definition) is 0. The highest BCUT2D eigenvalue weighted by atomic mass is 35.5. The zero-order chi connectivity index (χ0) is 17.1. The van der Waals surface area contributed by atoms with E-state index in [1.807, 2.05) is 0 Å². The SMILES string of the molecule is O=C1OCC(c2ccc(Cl)cc2)=NN1Cc1ccc([N+](=O)[O-])cc1. The molecule has 7 nitrogen and oxygen atoms in total. The zero-order valence-corrected chi connectivity index (χ0v) is 13.1. The van der Waals surface area contributed by atoms with Crippen LogP contribution in [0.15, 0.2) is 53.6 Å². The number of hydrogen-bond acceptors (Lipinski definition) is 5. The van der Waals surface area contributed by atoms with E-state index in [0.29, 0.717) is 16.3 Å². The number of nitrogens with zero attached hydrogens (tertiary/aromatic N) is 3. The van der Waals surface area contributed by atoms with E-state index in [9.17, 15) is 14.9 Å². The Hall–Kier alpha value is -2.93. The molecule has 0 spiro atoms. The van der Waals surface area contributed by atoms with Crippen molar-refractivity contribution < 1.29 is 14.5 Å². The molecule has 0 unspecified atom stereocenters. The summed E-state index contributed by atoms with van der Waals surface area (Å²) in [6.07, 6.45) is -0.564. The molecule has 0 saturated heterocycles. The van der Waals surface area contributed by atoms with Gasteiger partial charge in [0.1, 0.15) is 12.3 Å². The Balaban J connectivity index is 1.80. The second-order valence-electron chi connectivity index (χ2n) is 5.09. The predicted octanol–water partition coefficient (Wildman–Crippen LogP) is 3.60. The molecule has 0 saturated carbocycles. The van der Waals surface area contributed by atoms with Crippen LogP contribution in [0, 0.1) is 10.1 Å². The monoisotopic (exact) mass is 345 g/mol. The summed E-state index contributed by atoms with van der Waals surface area (Å²) in [6, 6.07) is 13.0. The number of non-ortho nitro benzene ring substituents is 1. The lowest BCUT2D eigenvalue weighted by Gasteiger charge is -2.23. The molecule has 1 heterocycles. The molecule has 1 aliphatic heterocycles. The second kappa shape index (κ2) is 6.67. The van der Waals surface area contributed by atoms with Gasteiger partial charge in [0, 0.05) is 22.7 Å². The molecular formula is C16H12ClN3O4. The molecule has 1 aliphatic rings. The third kappa shape index (κ3) is 3.52. The van der Waals surface area contributed by atoms with Gasteiger partial charge < -0.3 is 4.74 Å². The van der Waals surface area contributed by atoms with Crippen LogP contribution in [0.3, 0.4) is 0 Å². The fraction of sp³-hybridized carbons (Fsp3) is 0.125. The van der Waals surface area contributed by atoms with Gasteiger partial charge in [-0.3, -0.25) is 10.1 Å². The van der Waals surface area contributed by atoms with Crippen LogP contribution in [0.4, 0.5) is 10.5 Å². The number of ether oxygens (including phenoxy) is 1. The average molecular weight is 346 g/mol. The summed E-state index contributed by atoms with van der Waals surface area (Å²) >= 11 is 5.86. The average Bonchev–Trinajstić information content (AvgIpc) is 2.58. The topological polar surface area (TPSA) is 85.0 Å². The van der Waals surface area contributed by atoms with Crippen LogP contribution in [-0.4, -0.2) is 28.3 Å². The second-order valence-corrected chi connectivity index (χ2v) is 5.53. The zero-order valence-electron chi connectivity index (χ0n) is 12.4. The molecule has 2 aromatic rings. The molecule has 0 aromatic heterocycles. The van der Waals surface area contributed by atoms with Gasteiger partial charge in [0.05, 0.1) is 11.5 Å². The standard InChI is InChI=1S/C16H12ClN3O4/c17-13-5-3-12(4-6-13)15-10-24-16(21)19(18-15)9-11-1-7-14(8-2-11)20(22)23/h1-8H,9-10H2. The van der Waals surface area contributed by atoms with Crippen molar-refractivity contribution in [3.05, 3.63) is 74.8 Å². The number of halogens is 1. The highest BCUT2D eigenvalue weighted by Gasteiger charge is 2.23. The molecule has 0 radical (unpaired) electrons. The molecule has 3 rings (SSSR count). The molecule has 0 bridgehead atoms. The van der Waals surface area contributed by atoms with E-state index in [2.05, 4.69) is 5.10 Å². The van der Waals surface area contributed by atoms with Gasteiger partial charge in [-0.15, -0.1) is 0 Å². The van der Waals surface area contributed by atoms with Crippen LogP contribution in [0.25, 0.3) is 0 Å². The summed E-state index contributed by atoms with van der Waals surface area (Å²) in [5, 5.41) is 16.8. The predicted molar refractivity (Wildman–Crippen MR) is 88.0 cm³/mol. The van der Waals surface area contributed by atoms with Crippen molar-refractivity contribution in [2.24, 2.45) is 5.10 Å². The van der Waals surface area contributed by atoms with Gasteiger partial charge in [0.25, 0.3) is 5.69 Å². The molecule has 1 amide bonds. The van der Waals surface area contributed by atoms with Crippen molar-refractivity contribution in [2.75, 3.05) is 6.61 Å². The number of benzene rings is 2. The first kappa shape index (κ1) is 15.9. The van der Waals surface area contributed by atoms with Crippen LogP contribution in [0.2, 0.25) is 5.02 Å². The van der Waals surface area contributed by atoms with Crippen molar-refractivity contribution in [1.29, 1.82) is 0 Å². The Bertz CT molecular complexity index is 803. The molecule has 0 aliphatic carbocycles. The minimum absolute atomic E-state index is 0.00896. The minimum atomic E-state index is -0.564. The molecule has 8 heteroatoms. The van der Waals surface area contributed by atoms with E-state index >= 15 is 0 Å². The van der Waals surface area contributed by atoms with Gasteiger partial charge in [-0.05, 0) is 17.7 Å². The van der Waals surface area contributed by atoms with Crippen molar-refractivity contribution in [3.8, 4) is 0 Å². The molecule has 0 fully saturated rings. The highest BCUT2D eigenvalue weighted by Crippen LogP contribution is 2.18. The fourth-order valence-corrected chi connectivity index (χ4v) is 2.33. The van der Waals surface area contributed by atoms with Gasteiger partial charge >= 0.3 is 6.09 Å². The van der Waals surface area contributed by atoms with Crippen molar-refractivity contribution in [2.45, 2.75) is 6.54 Å². The Labute approximate surface area is 142 Å². The third-order valence-electron chi connectivity index (χ3n) is 3.44. The first-order valence-electron chi connectivity index (χ1n) is 7.04. The normalized spacial score (nSPS) is 14.1. The smallest absolute Gasteiger partial charge is 0.431 e. The lowest BCUT2D eigenvalue weighted by atomic mass is 10.1. The first-order valence-corrected chi connectivity index (χ1v) is 7.42. The Kier molecular flexibility index (Phi) is 4.43. The van der Waals surface area contributed by atoms with E-state index in [4.69, 9.17) is 16.3 Å². The molecule has 24 heavy (non-hydrogen) atoms. The lowest BCUT2D eigenvalue weighted by Crippen LogP contribution is -2.35. The minimum Gasteiger partial charge on any atom is -0.442 e. The van der Waals surface area contributed by atoms with E-state index in [-0.39, 0.29) is 18.8 Å². The highest BCUT2D eigenvalue weighted by molar-refractivity contribution is 6.30. The summed E-state index contributed by atoms with van der Waals surface area (Å²) in [6.45, 7) is 0.241. The lowest BCUT2D eigenvalue weighted by molar-refractivity contribution is -0.384. The number of cyclic esters (lactones) is 1. The maximum Gasteiger partial charge on any atom is 0.431 e. The maximum absolute atomic E-state index is 11.9. The Morgan fingerprint density at radius 1 is 1.17 bits per heavy atom. The largest absolute Gasteiger partial charge is 0.442 e. The van der Waals surface area contributed by atoms with Crippen molar-refractivity contribution >= 4 is 29.1 Å². The van der Waals surface area contributed by atoms with Gasteiger partial charge in [0.2, 0.25) is 0 Å². The summed E-state index contributed by atoms with van der Waals surface area (Å²) in [5.74, 6) is 0. The summed E-state index contributed by atoms with van der Waals surface area (Å²) in [7, 11) is 0. The van der Waals surface area contributed by atoms with Crippen LogP contribution < -0.4 is 0 Å². The van der Waals surface area contributed by atoms with Gasteiger partial charge in [0.15, 0.2) is 0 Å². The van der Waals surface area contributed by atoms with Crippen molar-refractivity contribution in [1.82, 2.24) is 5.01 Å². The molecule has 2 aromatic carbocycles. The molecule has 122 valence electrons. The number of nitro groups is 1. The Morgan fingerprint density at radius 3 is 2.46 bits per heavy atom. The fourth-order valence-electron chi connectivity index (χ4n) is 2.20. The van der Waals surface area contributed by atoms with Crippen LogP contribution >= 0.6 is 11.6 Å². The van der Waals surface area contributed by atoms with Crippen LogP contribution in [0.1, 0.15) is 11.1 Å². The van der Waals surface area contributed by atoms with E-state index in [0.717, 1.165) is 5.56 Å². The number of carbonyl (C=O) groups excluding carboxylic acids is 1. The van der Waals surface area contributed by atoms with E-state index in [1.54, 1.807) is 36.4 Å². The number of amides is 1. The summed E-state index contributed by atoms with van der Waals surface area (Å²) in [4.78, 5) is 22.1. The van der Waals surface area contributed by atoms with Gasteiger partial charge in [-0.25, -0.2) is 4.79 Å². The van der Waals surface area contributed by atoms with Gasteiger partial charge in [-0.2, -0.15) is 10.1 Å².